The van der Waals surface area contributed by atoms with Crippen LogP contribution in [0.4, 0.5) is 10.5 Å². The van der Waals surface area contributed by atoms with Crippen LogP contribution in [0.5, 0.6) is 0 Å². The zero-order valence-electron chi connectivity index (χ0n) is 6.55. The Hall–Kier alpha value is -1.51. The van der Waals surface area contributed by atoms with Crippen LogP contribution in [0.25, 0.3) is 0 Å². The number of carbonyl (C=O) groups excluding carboxylic acids is 1. The van der Waals surface area contributed by atoms with E-state index in [1.165, 1.54) is 0 Å². The molecule has 2 N–H and O–H groups in total. The number of rotatable bonds is 0. The lowest BCUT2D eigenvalue weighted by Crippen LogP contribution is -2.27. The summed E-state index contributed by atoms with van der Waals surface area (Å²) in [6.45, 7) is 0.697. The molecule has 2 amide bonds. The van der Waals surface area contributed by atoms with Gasteiger partial charge in [-0.15, -0.1) is 0 Å². The van der Waals surface area contributed by atoms with Crippen molar-refractivity contribution in [1.29, 1.82) is 0 Å². The topological polar surface area (TPSA) is 41.1 Å². The highest BCUT2D eigenvalue weighted by atomic mass is 16.2. The fourth-order valence-corrected chi connectivity index (χ4v) is 1.27. The summed E-state index contributed by atoms with van der Waals surface area (Å²) < 4.78 is 0. The Morgan fingerprint density at radius 2 is 2.42 bits per heavy atom. The number of fused-ring (bicyclic) bond motifs is 1. The van der Waals surface area contributed by atoms with Crippen LogP contribution in [0.15, 0.2) is 18.2 Å². The smallest absolute Gasteiger partial charge is 0.319 e. The van der Waals surface area contributed by atoms with Crippen molar-refractivity contribution in [2.75, 3.05) is 11.9 Å². The molecule has 1 heterocycles. The molecule has 0 aromatic heterocycles. The Labute approximate surface area is 70.8 Å². The van der Waals surface area contributed by atoms with Gasteiger partial charge in [0.05, 0.1) is 0 Å². The average molecular weight is 161 g/mol. The van der Waals surface area contributed by atoms with Crippen LogP contribution in [-0.2, 0) is 6.42 Å². The minimum atomic E-state index is -0.131. The van der Waals surface area contributed by atoms with Gasteiger partial charge in [-0.1, -0.05) is 12.1 Å². The van der Waals surface area contributed by atoms with E-state index in [-0.39, 0.29) is 6.03 Å². The second-order valence-corrected chi connectivity index (χ2v) is 2.71. The number of hydrogen-bond donors (Lipinski definition) is 2. The fourth-order valence-electron chi connectivity index (χ4n) is 1.27. The van der Waals surface area contributed by atoms with Gasteiger partial charge in [0, 0.05) is 12.2 Å². The number of carbonyl (C=O) groups is 1. The third kappa shape index (κ3) is 1.25. The first kappa shape index (κ1) is 7.16. The van der Waals surface area contributed by atoms with E-state index in [4.69, 9.17) is 0 Å². The van der Waals surface area contributed by atoms with E-state index in [0.717, 1.165) is 17.7 Å². The molecule has 0 bridgehead atoms. The molecule has 0 fully saturated rings. The molecule has 0 aliphatic carbocycles. The minimum absolute atomic E-state index is 0.131. The fraction of sp³-hybridized carbons (Fsp3) is 0.222. The number of benzene rings is 1. The van der Waals surface area contributed by atoms with Crippen LogP contribution in [0.2, 0.25) is 0 Å². The lowest BCUT2D eigenvalue weighted by atomic mass is 10.1. The van der Waals surface area contributed by atoms with Crippen LogP contribution in [0.3, 0.4) is 0 Å². The molecule has 2 rings (SSSR count). The van der Waals surface area contributed by atoms with Gasteiger partial charge in [-0.25, -0.2) is 4.79 Å². The molecule has 0 unspecified atom stereocenters. The number of amides is 2. The largest absolute Gasteiger partial charge is 0.338 e. The van der Waals surface area contributed by atoms with Crippen LogP contribution >= 0.6 is 0 Å². The maximum atomic E-state index is 11.0. The first-order chi connectivity index (χ1) is 5.86. The molecule has 0 saturated heterocycles. The number of urea groups is 1. The molecule has 61 valence electrons. The maximum Gasteiger partial charge on any atom is 0.319 e. The zero-order valence-corrected chi connectivity index (χ0v) is 6.55. The Balaban J connectivity index is 2.37. The summed E-state index contributed by atoms with van der Waals surface area (Å²) in [5, 5.41) is 5.47. The molecule has 3 nitrogen and oxygen atoms in total. The van der Waals surface area contributed by atoms with Crippen LogP contribution in [0, 0.1) is 6.07 Å². The highest BCUT2D eigenvalue weighted by molar-refractivity contribution is 5.90. The predicted molar refractivity (Wildman–Crippen MR) is 46.0 cm³/mol. The van der Waals surface area contributed by atoms with Crippen molar-refractivity contribution in [2.45, 2.75) is 6.42 Å². The summed E-state index contributed by atoms with van der Waals surface area (Å²) >= 11 is 0. The van der Waals surface area contributed by atoms with Gasteiger partial charge >= 0.3 is 6.03 Å². The SMILES string of the molecule is O=C1NCCc2cc[c]cc2N1. The van der Waals surface area contributed by atoms with Crippen LogP contribution < -0.4 is 10.6 Å². The molecular formula is C9H9N2O. The van der Waals surface area contributed by atoms with Gasteiger partial charge in [0.15, 0.2) is 0 Å². The number of hydrogen-bond acceptors (Lipinski definition) is 1. The predicted octanol–water partition coefficient (Wildman–Crippen LogP) is 1.16. The lowest BCUT2D eigenvalue weighted by molar-refractivity contribution is 0.252. The van der Waals surface area contributed by atoms with Gasteiger partial charge in [0.1, 0.15) is 0 Å². The van der Waals surface area contributed by atoms with Crippen molar-refractivity contribution < 1.29 is 4.79 Å². The molecule has 3 heteroatoms. The van der Waals surface area contributed by atoms with Crippen molar-refractivity contribution in [3.8, 4) is 0 Å². The Morgan fingerprint density at radius 1 is 1.50 bits per heavy atom. The second kappa shape index (κ2) is 2.85. The molecule has 1 radical (unpaired) electrons. The maximum absolute atomic E-state index is 11.0. The van der Waals surface area contributed by atoms with Crippen molar-refractivity contribution in [3.63, 3.8) is 0 Å². The van der Waals surface area contributed by atoms with E-state index in [0.29, 0.717) is 6.54 Å². The van der Waals surface area contributed by atoms with Gasteiger partial charge in [0.2, 0.25) is 0 Å². The summed E-state index contributed by atoms with van der Waals surface area (Å²) in [5.74, 6) is 0. The summed E-state index contributed by atoms with van der Waals surface area (Å²) in [4.78, 5) is 11.0. The minimum Gasteiger partial charge on any atom is -0.338 e. The molecule has 1 aromatic carbocycles. The van der Waals surface area contributed by atoms with E-state index in [2.05, 4.69) is 16.7 Å². The van der Waals surface area contributed by atoms with Gasteiger partial charge in [-0.05, 0) is 24.1 Å². The summed E-state index contributed by atoms with van der Waals surface area (Å²) in [6.07, 6.45) is 0.878. The Kier molecular flexibility index (Phi) is 1.70. The summed E-state index contributed by atoms with van der Waals surface area (Å²) in [5.41, 5.74) is 2.03. The quantitative estimate of drug-likeness (QED) is 0.589. The molecule has 0 atom stereocenters. The third-order valence-corrected chi connectivity index (χ3v) is 1.88. The first-order valence-electron chi connectivity index (χ1n) is 3.90. The molecule has 0 spiro atoms. The van der Waals surface area contributed by atoms with Crippen molar-refractivity contribution in [3.05, 3.63) is 29.8 Å². The van der Waals surface area contributed by atoms with Gasteiger partial charge in [-0.3, -0.25) is 0 Å². The zero-order chi connectivity index (χ0) is 8.39. The van der Waals surface area contributed by atoms with Crippen molar-refractivity contribution in [1.82, 2.24) is 5.32 Å². The molecular weight excluding hydrogens is 152 g/mol. The Bertz CT molecular complexity index is 309. The third-order valence-electron chi connectivity index (χ3n) is 1.88. The summed E-state index contributed by atoms with van der Waals surface area (Å²) in [7, 11) is 0. The van der Waals surface area contributed by atoms with Gasteiger partial charge in [0.25, 0.3) is 0 Å². The van der Waals surface area contributed by atoms with Gasteiger partial charge in [-0.2, -0.15) is 0 Å². The normalized spacial score (nSPS) is 15.5. The molecule has 0 saturated carbocycles. The van der Waals surface area contributed by atoms with Crippen LogP contribution in [0.1, 0.15) is 5.56 Å². The van der Waals surface area contributed by atoms with E-state index in [9.17, 15) is 4.79 Å². The highest BCUT2D eigenvalue weighted by Gasteiger charge is 2.09. The van der Waals surface area contributed by atoms with Crippen molar-refractivity contribution >= 4 is 11.7 Å². The molecule has 1 aliphatic heterocycles. The van der Waals surface area contributed by atoms with E-state index in [1.807, 2.05) is 12.1 Å². The molecule has 12 heavy (non-hydrogen) atoms. The first-order valence-corrected chi connectivity index (χ1v) is 3.90. The van der Waals surface area contributed by atoms with E-state index < -0.39 is 0 Å². The van der Waals surface area contributed by atoms with Crippen LogP contribution in [-0.4, -0.2) is 12.6 Å². The number of nitrogens with one attached hydrogen (secondary N) is 2. The molecule has 1 aromatic rings. The summed E-state index contributed by atoms with van der Waals surface area (Å²) in [6, 6.07) is 8.42. The van der Waals surface area contributed by atoms with Crippen molar-refractivity contribution in [2.24, 2.45) is 0 Å². The standard InChI is InChI=1S/C9H9N2O/c12-9-10-6-5-7-3-1-2-4-8(7)11-9/h1,3-4H,5-6H2,(H2,10,11,12). The monoisotopic (exact) mass is 161 g/mol. The van der Waals surface area contributed by atoms with Gasteiger partial charge < -0.3 is 10.6 Å². The highest BCUT2D eigenvalue weighted by Crippen LogP contribution is 2.16. The average Bonchev–Trinajstić information content (AvgIpc) is 2.25. The lowest BCUT2D eigenvalue weighted by Gasteiger charge is -2.03. The Morgan fingerprint density at radius 3 is 3.33 bits per heavy atom. The number of anilines is 1. The van der Waals surface area contributed by atoms with E-state index >= 15 is 0 Å². The van der Waals surface area contributed by atoms with E-state index in [1.54, 1.807) is 6.07 Å². The second-order valence-electron chi connectivity index (χ2n) is 2.71. The molecule has 1 aliphatic rings.